The van der Waals surface area contributed by atoms with E-state index in [0.717, 1.165) is 0 Å². The van der Waals surface area contributed by atoms with E-state index < -0.39 is 29.4 Å². The van der Waals surface area contributed by atoms with Gasteiger partial charge in [-0.3, -0.25) is 4.79 Å². The number of nitrogens with one attached hydrogen (secondary N) is 1. The maximum atomic E-state index is 13.0. The molecule has 1 aromatic rings. The molecule has 0 bridgehead atoms. The molecule has 0 saturated heterocycles. The third-order valence-corrected chi connectivity index (χ3v) is 1.75. The summed E-state index contributed by atoms with van der Waals surface area (Å²) in [6.45, 7) is 1.24. The first-order valence-electron chi connectivity index (χ1n) is 4.05. The fourth-order valence-corrected chi connectivity index (χ4v) is 0.935. The van der Waals surface area contributed by atoms with Gasteiger partial charge in [-0.15, -0.1) is 0 Å². The highest BCUT2D eigenvalue weighted by Crippen LogP contribution is 2.22. The summed E-state index contributed by atoms with van der Waals surface area (Å²) in [5.74, 6) is -4.38. The molecule has 0 heterocycles. The molecule has 0 aliphatic rings. The molecule has 1 rings (SSSR count). The highest BCUT2D eigenvalue weighted by atomic mass is 19.4. The minimum Gasteiger partial charge on any atom is -0.316 e. The molecule has 0 aromatic heterocycles. The van der Waals surface area contributed by atoms with Crippen LogP contribution in [0.4, 0.5) is 27.6 Å². The van der Waals surface area contributed by atoms with E-state index in [1.54, 1.807) is 0 Å². The van der Waals surface area contributed by atoms with Gasteiger partial charge in [-0.25, -0.2) is 8.78 Å². The van der Waals surface area contributed by atoms with Crippen molar-refractivity contribution in [3.63, 3.8) is 0 Å². The number of hydrogen-bond acceptors (Lipinski definition) is 1. The molecule has 2 nitrogen and oxygen atoms in total. The lowest BCUT2D eigenvalue weighted by molar-refractivity contribution is -0.167. The second-order valence-corrected chi connectivity index (χ2v) is 3.03. The molecule has 0 saturated carbocycles. The Hall–Kier alpha value is -1.66. The molecule has 0 fully saturated rings. The van der Waals surface area contributed by atoms with Crippen molar-refractivity contribution in [1.29, 1.82) is 0 Å². The zero-order valence-electron chi connectivity index (χ0n) is 7.95. The van der Waals surface area contributed by atoms with Gasteiger partial charge >= 0.3 is 12.1 Å². The lowest BCUT2D eigenvalue weighted by Gasteiger charge is -2.09. The molecule has 1 amide bonds. The Bertz CT molecular complexity index is 427. The van der Waals surface area contributed by atoms with Gasteiger partial charge in [0.1, 0.15) is 11.6 Å². The van der Waals surface area contributed by atoms with E-state index in [0.29, 0.717) is 12.1 Å². The molecular formula is C9H6F5NO. The van der Waals surface area contributed by atoms with E-state index in [9.17, 15) is 26.7 Å². The van der Waals surface area contributed by atoms with Gasteiger partial charge in [-0.2, -0.15) is 13.2 Å². The van der Waals surface area contributed by atoms with Gasteiger partial charge in [0.15, 0.2) is 0 Å². The number of halogens is 5. The van der Waals surface area contributed by atoms with Gasteiger partial charge in [-0.1, -0.05) is 0 Å². The topological polar surface area (TPSA) is 29.1 Å². The lowest BCUT2D eigenvalue weighted by atomic mass is 10.2. The normalized spacial score (nSPS) is 11.4. The van der Waals surface area contributed by atoms with Crippen LogP contribution in [0.15, 0.2) is 12.1 Å². The Balaban J connectivity index is 2.99. The summed E-state index contributed by atoms with van der Waals surface area (Å²) in [5, 5.41) is 1.24. The van der Waals surface area contributed by atoms with Gasteiger partial charge in [0.25, 0.3) is 0 Å². The van der Waals surface area contributed by atoms with Crippen LogP contribution >= 0.6 is 0 Å². The van der Waals surface area contributed by atoms with Crippen LogP contribution in [0.5, 0.6) is 0 Å². The zero-order valence-corrected chi connectivity index (χ0v) is 7.95. The maximum Gasteiger partial charge on any atom is 0.471 e. The van der Waals surface area contributed by atoms with Crippen molar-refractivity contribution in [3.8, 4) is 0 Å². The van der Waals surface area contributed by atoms with Crippen LogP contribution in [0.2, 0.25) is 0 Å². The Kier molecular flexibility index (Phi) is 3.16. The van der Waals surface area contributed by atoms with E-state index >= 15 is 0 Å². The Morgan fingerprint density at radius 1 is 1.19 bits per heavy atom. The van der Waals surface area contributed by atoms with Gasteiger partial charge in [-0.05, 0) is 18.6 Å². The second kappa shape index (κ2) is 4.07. The molecule has 0 atom stereocenters. The SMILES string of the molecule is Cc1cc(F)c(NC(=O)C(F)(F)F)cc1F. The fourth-order valence-electron chi connectivity index (χ4n) is 0.935. The molecule has 1 N–H and O–H groups in total. The first-order chi connectivity index (χ1) is 7.21. The van der Waals surface area contributed by atoms with Crippen LogP contribution in [0.3, 0.4) is 0 Å². The number of anilines is 1. The quantitative estimate of drug-likeness (QED) is 0.750. The van der Waals surface area contributed by atoms with E-state index in [4.69, 9.17) is 0 Å². The summed E-state index contributed by atoms with van der Waals surface area (Å²) in [6.07, 6.45) is -5.15. The Morgan fingerprint density at radius 3 is 2.25 bits per heavy atom. The highest BCUT2D eigenvalue weighted by Gasteiger charge is 2.39. The predicted octanol–water partition coefficient (Wildman–Crippen LogP) is 2.77. The molecule has 0 unspecified atom stereocenters. The number of carbonyl (C=O) groups is 1. The predicted molar refractivity (Wildman–Crippen MR) is 45.8 cm³/mol. The van der Waals surface area contributed by atoms with Crippen LogP contribution in [0, 0.1) is 18.6 Å². The number of alkyl halides is 3. The number of aryl methyl sites for hydroxylation is 1. The summed E-state index contributed by atoms with van der Waals surface area (Å²) in [7, 11) is 0. The van der Waals surface area contributed by atoms with Crippen molar-refractivity contribution in [2.75, 3.05) is 5.32 Å². The number of carbonyl (C=O) groups excluding carboxylic acids is 1. The molecule has 0 spiro atoms. The summed E-state index contributed by atoms with van der Waals surface area (Å²) in [5.41, 5.74) is -0.909. The third kappa shape index (κ3) is 2.68. The van der Waals surface area contributed by atoms with Crippen LogP contribution in [-0.2, 0) is 4.79 Å². The number of benzene rings is 1. The Labute approximate surface area is 87.1 Å². The molecule has 0 radical (unpaired) electrons. The van der Waals surface area contributed by atoms with Crippen LogP contribution < -0.4 is 5.32 Å². The summed E-state index contributed by atoms with van der Waals surface area (Å²) in [4.78, 5) is 10.5. The van der Waals surface area contributed by atoms with E-state index in [2.05, 4.69) is 0 Å². The van der Waals surface area contributed by atoms with E-state index in [1.807, 2.05) is 0 Å². The van der Waals surface area contributed by atoms with Crippen molar-refractivity contribution in [1.82, 2.24) is 0 Å². The van der Waals surface area contributed by atoms with Gasteiger partial charge in [0.2, 0.25) is 0 Å². The minimum atomic E-state index is -5.15. The molecular weight excluding hydrogens is 233 g/mol. The lowest BCUT2D eigenvalue weighted by Crippen LogP contribution is -2.30. The molecule has 7 heteroatoms. The third-order valence-electron chi connectivity index (χ3n) is 1.75. The second-order valence-electron chi connectivity index (χ2n) is 3.03. The summed E-state index contributed by atoms with van der Waals surface area (Å²) >= 11 is 0. The van der Waals surface area contributed by atoms with Crippen molar-refractivity contribution in [3.05, 3.63) is 29.3 Å². The fraction of sp³-hybridized carbons (Fsp3) is 0.222. The van der Waals surface area contributed by atoms with Crippen molar-refractivity contribution in [2.45, 2.75) is 13.1 Å². The van der Waals surface area contributed by atoms with Gasteiger partial charge in [0, 0.05) is 6.07 Å². The van der Waals surface area contributed by atoms with Gasteiger partial charge < -0.3 is 5.32 Å². The number of hydrogen-bond donors (Lipinski definition) is 1. The van der Waals surface area contributed by atoms with Crippen LogP contribution in [0.25, 0.3) is 0 Å². The summed E-state index contributed by atoms with van der Waals surface area (Å²) in [6, 6.07) is 1.19. The minimum absolute atomic E-state index is 0.0671. The highest BCUT2D eigenvalue weighted by molar-refractivity contribution is 5.95. The molecule has 1 aromatic carbocycles. The maximum absolute atomic E-state index is 13.0. The van der Waals surface area contributed by atoms with Crippen molar-refractivity contribution < 1.29 is 26.7 Å². The van der Waals surface area contributed by atoms with E-state index in [1.165, 1.54) is 12.2 Å². The molecule has 88 valence electrons. The molecule has 0 aliphatic carbocycles. The molecule has 0 aliphatic heterocycles. The summed E-state index contributed by atoms with van der Waals surface area (Å²) < 4.78 is 61.4. The first kappa shape index (κ1) is 12.4. The Morgan fingerprint density at radius 2 is 1.75 bits per heavy atom. The first-order valence-corrected chi connectivity index (χ1v) is 4.05. The molecule has 16 heavy (non-hydrogen) atoms. The van der Waals surface area contributed by atoms with Crippen molar-refractivity contribution in [2.24, 2.45) is 0 Å². The average molecular weight is 239 g/mol. The van der Waals surface area contributed by atoms with Crippen LogP contribution in [-0.4, -0.2) is 12.1 Å². The standard InChI is InChI=1S/C9H6F5NO/c1-4-2-6(11)7(3-5(4)10)15-8(16)9(12,13)14/h2-3H,1H3,(H,15,16). The largest absolute Gasteiger partial charge is 0.471 e. The van der Waals surface area contributed by atoms with Gasteiger partial charge in [0.05, 0.1) is 5.69 Å². The van der Waals surface area contributed by atoms with Crippen LogP contribution in [0.1, 0.15) is 5.56 Å². The smallest absolute Gasteiger partial charge is 0.316 e. The zero-order chi connectivity index (χ0) is 12.5. The van der Waals surface area contributed by atoms with Crippen molar-refractivity contribution >= 4 is 11.6 Å². The monoisotopic (exact) mass is 239 g/mol. The number of rotatable bonds is 1. The van der Waals surface area contributed by atoms with E-state index in [-0.39, 0.29) is 5.56 Å². The average Bonchev–Trinajstić information content (AvgIpc) is 2.12. The number of amides is 1.